The number of benzene rings is 1. The van der Waals surface area contributed by atoms with Gasteiger partial charge in [0.05, 0.1) is 6.61 Å². The van der Waals surface area contributed by atoms with Gasteiger partial charge in [-0.3, -0.25) is 4.90 Å². The van der Waals surface area contributed by atoms with Gasteiger partial charge in [-0.25, -0.2) is 4.79 Å². The van der Waals surface area contributed by atoms with Gasteiger partial charge in [-0.15, -0.1) is 0 Å². The molecule has 2 aromatic rings. The van der Waals surface area contributed by atoms with Gasteiger partial charge in [0, 0.05) is 42.7 Å². The molecular formula is C16H21N3O2. The fourth-order valence-corrected chi connectivity index (χ4v) is 3.04. The third kappa shape index (κ3) is 3.03. The van der Waals surface area contributed by atoms with Crippen LogP contribution in [0.5, 0.6) is 0 Å². The van der Waals surface area contributed by atoms with Crippen LogP contribution in [0.15, 0.2) is 18.2 Å². The summed E-state index contributed by atoms with van der Waals surface area (Å²) in [6.45, 7) is 5.43. The minimum atomic E-state index is -0.692. The van der Waals surface area contributed by atoms with Crippen molar-refractivity contribution in [3.8, 4) is 0 Å². The summed E-state index contributed by atoms with van der Waals surface area (Å²) in [5, 5.41) is 1.34. The number of primary amides is 1. The van der Waals surface area contributed by atoms with Crippen molar-refractivity contribution in [3.63, 3.8) is 0 Å². The molecule has 112 valence electrons. The van der Waals surface area contributed by atoms with Gasteiger partial charge in [0.15, 0.2) is 0 Å². The maximum absolute atomic E-state index is 10.5. The molecule has 0 saturated carbocycles. The number of nitrogens with two attached hydrogens (primary N) is 1. The summed E-state index contributed by atoms with van der Waals surface area (Å²) >= 11 is 0. The number of rotatable bonds is 4. The van der Waals surface area contributed by atoms with E-state index in [1.807, 2.05) is 0 Å². The van der Waals surface area contributed by atoms with Crippen LogP contribution >= 0.6 is 0 Å². The Morgan fingerprint density at radius 1 is 1.48 bits per heavy atom. The molecule has 0 aliphatic carbocycles. The average Bonchev–Trinajstić information content (AvgIpc) is 2.81. The van der Waals surface area contributed by atoms with Crippen LogP contribution in [-0.2, 0) is 17.7 Å². The van der Waals surface area contributed by atoms with Gasteiger partial charge in [-0.1, -0.05) is 11.6 Å². The second-order valence-electron chi connectivity index (χ2n) is 5.68. The number of H-pyrrole nitrogens is 1. The smallest absolute Gasteiger partial charge is 0.404 e. The molecule has 5 nitrogen and oxygen atoms in total. The molecule has 0 saturated heterocycles. The number of hydrogen-bond donors (Lipinski definition) is 2. The number of carbonyl (C=O) groups excluding carboxylic acids is 1. The lowest BCUT2D eigenvalue weighted by molar-refractivity contribution is 0.146. The average molecular weight is 287 g/mol. The number of amides is 1. The van der Waals surface area contributed by atoms with E-state index in [-0.39, 0.29) is 0 Å². The van der Waals surface area contributed by atoms with Gasteiger partial charge >= 0.3 is 6.09 Å². The molecule has 3 N–H and O–H groups in total. The summed E-state index contributed by atoms with van der Waals surface area (Å²) < 4.78 is 4.78. The van der Waals surface area contributed by atoms with Gasteiger partial charge in [-0.2, -0.15) is 0 Å². The molecule has 0 bridgehead atoms. The number of ether oxygens (including phenoxy) is 1. The Morgan fingerprint density at radius 3 is 3.14 bits per heavy atom. The number of nitrogens with one attached hydrogen (secondary N) is 1. The minimum Gasteiger partial charge on any atom is -0.450 e. The van der Waals surface area contributed by atoms with Crippen molar-refractivity contribution in [3.05, 3.63) is 35.0 Å². The van der Waals surface area contributed by atoms with Crippen molar-refractivity contribution < 1.29 is 9.53 Å². The number of aromatic amines is 1. The van der Waals surface area contributed by atoms with Crippen LogP contribution in [0.3, 0.4) is 0 Å². The van der Waals surface area contributed by atoms with Crippen LogP contribution < -0.4 is 5.73 Å². The Balaban J connectivity index is 1.68. The fourth-order valence-electron chi connectivity index (χ4n) is 3.04. The molecule has 0 unspecified atom stereocenters. The zero-order valence-corrected chi connectivity index (χ0v) is 12.3. The Hall–Kier alpha value is -2.01. The summed E-state index contributed by atoms with van der Waals surface area (Å²) in [4.78, 5) is 16.5. The normalized spacial score (nSPS) is 15.1. The third-order valence-corrected chi connectivity index (χ3v) is 4.07. The van der Waals surface area contributed by atoms with Gasteiger partial charge < -0.3 is 15.5 Å². The van der Waals surface area contributed by atoms with E-state index in [1.54, 1.807) is 0 Å². The van der Waals surface area contributed by atoms with Crippen molar-refractivity contribution in [2.75, 3.05) is 19.7 Å². The molecule has 2 heterocycles. The first-order chi connectivity index (χ1) is 10.1. The summed E-state index contributed by atoms with van der Waals surface area (Å²) in [6, 6.07) is 6.56. The Labute approximate surface area is 124 Å². The van der Waals surface area contributed by atoms with E-state index in [4.69, 9.17) is 10.5 Å². The fraction of sp³-hybridized carbons (Fsp3) is 0.438. The second kappa shape index (κ2) is 5.77. The molecular weight excluding hydrogens is 266 g/mol. The van der Waals surface area contributed by atoms with E-state index in [2.05, 4.69) is 35.0 Å². The zero-order valence-electron chi connectivity index (χ0n) is 12.3. The SMILES string of the molecule is Cc1ccc2[nH]c3c(c2c1)CN(CCCOC(N)=O)CC3. The van der Waals surface area contributed by atoms with E-state index in [0.717, 1.165) is 32.5 Å². The highest BCUT2D eigenvalue weighted by Gasteiger charge is 2.20. The molecule has 5 heteroatoms. The van der Waals surface area contributed by atoms with Crippen molar-refractivity contribution in [2.45, 2.75) is 26.3 Å². The number of aromatic nitrogens is 1. The molecule has 1 aliphatic rings. The van der Waals surface area contributed by atoms with Crippen molar-refractivity contribution >= 4 is 17.0 Å². The second-order valence-corrected chi connectivity index (χ2v) is 5.68. The summed E-state index contributed by atoms with van der Waals surface area (Å²) in [5.41, 5.74) is 10.2. The van der Waals surface area contributed by atoms with Gasteiger partial charge in [-0.05, 0) is 31.0 Å². The predicted octanol–water partition coefficient (Wildman–Crippen LogP) is 2.32. The number of carbonyl (C=O) groups is 1. The van der Waals surface area contributed by atoms with E-state index in [1.165, 1.54) is 27.7 Å². The van der Waals surface area contributed by atoms with Gasteiger partial charge in [0.25, 0.3) is 0 Å². The molecule has 0 spiro atoms. The number of aryl methyl sites for hydroxylation is 1. The highest BCUT2D eigenvalue weighted by Crippen LogP contribution is 2.28. The van der Waals surface area contributed by atoms with Crippen molar-refractivity contribution in [1.82, 2.24) is 9.88 Å². The summed E-state index contributed by atoms with van der Waals surface area (Å²) in [6.07, 6.45) is 1.17. The first kappa shape index (κ1) is 13.9. The number of hydrogen-bond acceptors (Lipinski definition) is 3. The zero-order chi connectivity index (χ0) is 14.8. The molecule has 3 rings (SSSR count). The number of fused-ring (bicyclic) bond motifs is 3. The lowest BCUT2D eigenvalue weighted by Gasteiger charge is -2.26. The highest BCUT2D eigenvalue weighted by atomic mass is 16.5. The highest BCUT2D eigenvalue weighted by molar-refractivity contribution is 5.85. The van der Waals surface area contributed by atoms with Gasteiger partial charge in [0.2, 0.25) is 0 Å². The predicted molar refractivity (Wildman–Crippen MR) is 82.2 cm³/mol. The Morgan fingerprint density at radius 2 is 2.33 bits per heavy atom. The number of nitrogens with zero attached hydrogens (tertiary/aromatic N) is 1. The molecule has 1 amide bonds. The maximum atomic E-state index is 10.5. The molecule has 0 radical (unpaired) electrons. The van der Waals surface area contributed by atoms with Crippen LogP contribution in [0.4, 0.5) is 4.79 Å². The third-order valence-electron chi connectivity index (χ3n) is 4.07. The van der Waals surface area contributed by atoms with E-state index >= 15 is 0 Å². The van der Waals surface area contributed by atoms with E-state index in [0.29, 0.717) is 6.61 Å². The quantitative estimate of drug-likeness (QED) is 0.848. The lowest BCUT2D eigenvalue weighted by atomic mass is 10.0. The standard InChI is InChI=1S/C16H21N3O2/c1-11-3-4-14-12(9-11)13-10-19(7-5-15(13)18-14)6-2-8-21-16(17)20/h3-4,9,18H,2,5-8,10H2,1H3,(H2,17,20). The van der Waals surface area contributed by atoms with Crippen LogP contribution in [0.1, 0.15) is 23.2 Å². The van der Waals surface area contributed by atoms with Crippen LogP contribution in [0.2, 0.25) is 0 Å². The van der Waals surface area contributed by atoms with Crippen LogP contribution in [0.25, 0.3) is 10.9 Å². The largest absolute Gasteiger partial charge is 0.450 e. The molecule has 0 atom stereocenters. The molecule has 1 aliphatic heterocycles. The Bertz CT molecular complexity index is 663. The van der Waals surface area contributed by atoms with Crippen LogP contribution in [0, 0.1) is 6.92 Å². The first-order valence-electron chi connectivity index (χ1n) is 7.38. The summed E-state index contributed by atoms with van der Waals surface area (Å²) in [7, 11) is 0. The van der Waals surface area contributed by atoms with E-state index in [9.17, 15) is 4.79 Å². The Kier molecular flexibility index (Phi) is 3.84. The molecule has 1 aromatic heterocycles. The van der Waals surface area contributed by atoms with Gasteiger partial charge in [0.1, 0.15) is 0 Å². The van der Waals surface area contributed by atoms with Crippen LogP contribution in [-0.4, -0.2) is 35.7 Å². The van der Waals surface area contributed by atoms with E-state index < -0.39 is 6.09 Å². The lowest BCUT2D eigenvalue weighted by Crippen LogP contribution is -2.31. The summed E-state index contributed by atoms with van der Waals surface area (Å²) in [5.74, 6) is 0. The van der Waals surface area contributed by atoms with Crippen molar-refractivity contribution in [1.29, 1.82) is 0 Å². The molecule has 0 fully saturated rings. The van der Waals surface area contributed by atoms with Crippen molar-refractivity contribution in [2.24, 2.45) is 5.73 Å². The topological polar surface area (TPSA) is 71.3 Å². The molecule has 1 aromatic carbocycles. The monoisotopic (exact) mass is 287 g/mol. The molecule has 21 heavy (non-hydrogen) atoms. The first-order valence-corrected chi connectivity index (χ1v) is 7.38. The maximum Gasteiger partial charge on any atom is 0.404 e. The minimum absolute atomic E-state index is 0.395.